The van der Waals surface area contributed by atoms with Gasteiger partial charge in [-0.1, -0.05) is 12.1 Å². The molecule has 27 heavy (non-hydrogen) atoms. The summed E-state index contributed by atoms with van der Waals surface area (Å²) in [6.07, 6.45) is 4.80. The Bertz CT molecular complexity index is 777. The van der Waals surface area contributed by atoms with Crippen LogP contribution in [0.25, 0.3) is 0 Å². The van der Waals surface area contributed by atoms with E-state index in [-0.39, 0.29) is 17.9 Å². The number of piperidine rings is 1. The average molecular weight is 370 g/mol. The highest BCUT2D eigenvalue weighted by atomic mass is 16.5. The van der Waals surface area contributed by atoms with Crippen molar-refractivity contribution < 1.29 is 18.7 Å². The van der Waals surface area contributed by atoms with Gasteiger partial charge in [0.1, 0.15) is 12.0 Å². The van der Waals surface area contributed by atoms with Crippen molar-refractivity contribution in [3.05, 3.63) is 53.5 Å². The Labute approximate surface area is 159 Å². The van der Waals surface area contributed by atoms with Gasteiger partial charge in [-0.25, -0.2) is 0 Å². The van der Waals surface area contributed by atoms with E-state index in [0.29, 0.717) is 31.7 Å². The van der Waals surface area contributed by atoms with Gasteiger partial charge in [-0.3, -0.25) is 9.59 Å². The highest BCUT2D eigenvalue weighted by Crippen LogP contribution is 2.19. The van der Waals surface area contributed by atoms with Gasteiger partial charge < -0.3 is 19.4 Å². The molecule has 0 unspecified atom stereocenters. The van der Waals surface area contributed by atoms with E-state index in [1.165, 1.54) is 12.5 Å². The lowest BCUT2D eigenvalue weighted by molar-refractivity contribution is -0.122. The molecule has 1 aliphatic rings. The number of amides is 2. The molecule has 2 amide bonds. The number of nitrogens with one attached hydrogen (secondary N) is 1. The third-order valence-electron chi connectivity index (χ3n) is 4.85. The fourth-order valence-electron chi connectivity index (χ4n) is 3.21. The van der Waals surface area contributed by atoms with E-state index in [2.05, 4.69) is 5.32 Å². The van der Waals surface area contributed by atoms with Crippen molar-refractivity contribution in [2.45, 2.75) is 39.2 Å². The van der Waals surface area contributed by atoms with Gasteiger partial charge >= 0.3 is 0 Å². The van der Waals surface area contributed by atoms with Crippen LogP contribution in [0, 0.1) is 13.8 Å². The smallest absolute Gasteiger partial charge is 0.257 e. The molecule has 1 N–H and O–H groups in total. The summed E-state index contributed by atoms with van der Waals surface area (Å²) in [5.41, 5.74) is 2.77. The number of carbonyl (C=O) groups excluding carboxylic acids is 2. The maximum absolute atomic E-state index is 12.3. The van der Waals surface area contributed by atoms with Gasteiger partial charge in [0.2, 0.25) is 5.91 Å². The van der Waals surface area contributed by atoms with E-state index in [1.807, 2.05) is 32.0 Å². The van der Waals surface area contributed by atoms with Gasteiger partial charge in [-0.05, 0) is 49.9 Å². The summed E-state index contributed by atoms with van der Waals surface area (Å²) in [4.78, 5) is 26.3. The highest BCUT2D eigenvalue weighted by molar-refractivity contribution is 5.93. The molecule has 6 heteroatoms. The number of likely N-dealkylation sites (tertiary alicyclic amines) is 1. The van der Waals surface area contributed by atoms with Crippen molar-refractivity contribution >= 4 is 11.8 Å². The summed E-state index contributed by atoms with van der Waals surface area (Å²) in [6, 6.07) is 7.82. The Balaban J connectivity index is 1.38. The van der Waals surface area contributed by atoms with Gasteiger partial charge in [-0.15, -0.1) is 0 Å². The summed E-state index contributed by atoms with van der Waals surface area (Å²) < 4.78 is 10.7. The van der Waals surface area contributed by atoms with Crippen molar-refractivity contribution in [3.63, 3.8) is 0 Å². The maximum atomic E-state index is 12.3. The molecule has 1 aliphatic heterocycles. The lowest BCUT2D eigenvalue weighted by Crippen LogP contribution is -2.46. The third kappa shape index (κ3) is 5.12. The largest absolute Gasteiger partial charge is 0.493 e. The maximum Gasteiger partial charge on any atom is 0.257 e. The van der Waals surface area contributed by atoms with Crippen molar-refractivity contribution in [3.8, 4) is 5.75 Å². The minimum Gasteiger partial charge on any atom is -0.493 e. The summed E-state index contributed by atoms with van der Waals surface area (Å²) >= 11 is 0. The molecular weight excluding hydrogens is 344 g/mol. The minimum absolute atomic E-state index is 0.0140. The lowest BCUT2D eigenvalue weighted by Gasteiger charge is -2.32. The predicted octanol–water partition coefficient (Wildman–Crippen LogP) is 3.09. The van der Waals surface area contributed by atoms with Gasteiger partial charge in [0.05, 0.1) is 24.9 Å². The van der Waals surface area contributed by atoms with Gasteiger partial charge in [-0.2, -0.15) is 0 Å². The topological polar surface area (TPSA) is 71.8 Å². The summed E-state index contributed by atoms with van der Waals surface area (Å²) in [5, 5.41) is 3.05. The summed E-state index contributed by atoms with van der Waals surface area (Å²) in [5.74, 6) is 0.796. The zero-order valence-corrected chi connectivity index (χ0v) is 15.9. The fraction of sp³-hybridized carbons (Fsp3) is 0.429. The molecule has 1 fully saturated rings. The Morgan fingerprint density at radius 2 is 2.00 bits per heavy atom. The number of benzene rings is 1. The molecule has 3 rings (SSSR count). The van der Waals surface area contributed by atoms with Crippen LogP contribution in [0.5, 0.6) is 5.75 Å². The van der Waals surface area contributed by atoms with E-state index < -0.39 is 0 Å². The molecule has 1 aromatic carbocycles. The normalized spacial score (nSPS) is 14.8. The average Bonchev–Trinajstić information content (AvgIpc) is 3.19. The van der Waals surface area contributed by atoms with Gasteiger partial charge in [0.25, 0.3) is 5.91 Å². The number of nitrogens with zero attached hydrogens (tertiary/aromatic N) is 1. The molecule has 0 atom stereocenters. The van der Waals surface area contributed by atoms with E-state index in [1.54, 1.807) is 11.0 Å². The van der Waals surface area contributed by atoms with Crippen LogP contribution in [0.1, 0.15) is 40.7 Å². The molecule has 0 saturated carbocycles. The number of hydrogen-bond donors (Lipinski definition) is 1. The first-order chi connectivity index (χ1) is 13.0. The Hall–Kier alpha value is -2.76. The molecule has 1 aromatic heterocycles. The van der Waals surface area contributed by atoms with Crippen LogP contribution in [-0.2, 0) is 4.79 Å². The second kappa shape index (κ2) is 8.75. The number of ether oxygens (including phenoxy) is 1. The van der Waals surface area contributed by atoms with Crippen molar-refractivity contribution in [1.82, 2.24) is 10.2 Å². The molecule has 0 bridgehead atoms. The molecule has 6 nitrogen and oxygen atoms in total. The SMILES string of the molecule is Cc1ccc(C)c(OCCC(=O)NC2CCN(C(=O)c3ccoc3)CC2)c1. The molecule has 0 radical (unpaired) electrons. The molecule has 0 spiro atoms. The number of hydrogen-bond acceptors (Lipinski definition) is 4. The molecular formula is C21H26N2O4. The summed E-state index contributed by atoms with van der Waals surface area (Å²) in [7, 11) is 0. The minimum atomic E-state index is -0.0181. The molecule has 0 aliphatic carbocycles. The van der Waals surface area contributed by atoms with Crippen molar-refractivity contribution in [2.75, 3.05) is 19.7 Å². The number of rotatable bonds is 6. The fourth-order valence-corrected chi connectivity index (χ4v) is 3.21. The standard InChI is InChI=1S/C21H26N2O4/c1-15-3-4-16(2)19(13-15)27-12-8-20(24)22-18-5-9-23(10-6-18)21(25)17-7-11-26-14-17/h3-4,7,11,13-14,18H,5-6,8-10,12H2,1-2H3,(H,22,24). The zero-order valence-electron chi connectivity index (χ0n) is 15.9. The zero-order chi connectivity index (χ0) is 19.2. The van der Waals surface area contributed by atoms with E-state index in [9.17, 15) is 9.59 Å². The van der Waals surface area contributed by atoms with Crippen LogP contribution in [0.4, 0.5) is 0 Å². The van der Waals surface area contributed by atoms with Crippen molar-refractivity contribution in [1.29, 1.82) is 0 Å². The van der Waals surface area contributed by atoms with Gasteiger partial charge in [0, 0.05) is 19.1 Å². The van der Waals surface area contributed by atoms with Crippen LogP contribution in [0.2, 0.25) is 0 Å². The molecule has 2 heterocycles. The van der Waals surface area contributed by atoms with Crippen LogP contribution in [0.15, 0.2) is 41.2 Å². The van der Waals surface area contributed by atoms with E-state index in [4.69, 9.17) is 9.15 Å². The first-order valence-electron chi connectivity index (χ1n) is 9.34. The first kappa shape index (κ1) is 19.0. The van der Waals surface area contributed by atoms with Crippen LogP contribution >= 0.6 is 0 Å². The Kier molecular flexibility index (Phi) is 6.16. The summed E-state index contributed by atoms with van der Waals surface area (Å²) in [6.45, 7) is 5.63. The predicted molar refractivity (Wildman–Crippen MR) is 102 cm³/mol. The second-order valence-corrected chi connectivity index (χ2v) is 7.01. The molecule has 2 aromatic rings. The Morgan fingerprint density at radius 1 is 1.22 bits per heavy atom. The van der Waals surface area contributed by atoms with E-state index in [0.717, 1.165) is 29.7 Å². The highest BCUT2D eigenvalue weighted by Gasteiger charge is 2.25. The Morgan fingerprint density at radius 3 is 2.70 bits per heavy atom. The monoisotopic (exact) mass is 370 g/mol. The third-order valence-corrected chi connectivity index (χ3v) is 4.85. The second-order valence-electron chi connectivity index (χ2n) is 7.01. The lowest BCUT2D eigenvalue weighted by atomic mass is 10.0. The van der Waals surface area contributed by atoms with E-state index >= 15 is 0 Å². The van der Waals surface area contributed by atoms with Gasteiger partial charge in [0.15, 0.2) is 0 Å². The quantitative estimate of drug-likeness (QED) is 0.848. The molecule has 144 valence electrons. The van der Waals surface area contributed by atoms with Crippen LogP contribution in [0.3, 0.4) is 0 Å². The molecule has 1 saturated heterocycles. The number of aryl methyl sites for hydroxylation is 2. The first-order valence-corrected chi connectivity index (χ1v) is 9.34. The van der Waals surface area contributed by atoms with Crippen LogP contribution < -0.4 is 10.1 Å². The number of furan rings is 1. The van der Waals surface area contributed by atoms with Crippen molar-refractivity contribution in [2.24, 2.45) is 0 Å². The number of carbonyl (C=O) groups is 2. The van der Waals surface area contributed by atoms with Crippen LogP contribution in [-0.4, -0.2) is 42.5 Å².